The number of rotatable bonds is 8. The van der Waals surface area contributed by atoms with Crippen molar-refractivity contribution in [2.45, 2.75) is 25.6 Å². The third kappa shape index (κ3) is 5.73. The molecule has 0 unspecified atom stereocenters. The van der Waals surface area contributed by atoms with Crippen LogP contribution in [-0.2, 0) is 0 Å². The number of halogens is 1. The van der Waals surface area contributed by atoms with Gasteiger partial charge in [-0.3, -0.25) is 9.78 Å². The van der Waals surface area contributed by atoms with E-state index in [0.717, 1.165) is 0 Å². The molecule has 0 aromatic carbocycles. The van der Waals surface area contributed by atoms with Crippen molar-refractivity contribution in [1.82, 2.24) is 39.5 Å². The van der Waals surface area contributed by atoms with Crippen LogP contribution in [0.15, 0.2) is 73.4 Å². The zero-order valence-corrected chi connectivity index (χ0v) is 24.0. The summed E-state index contributed by atoms with van der Waals surface area (Å²) in [4.78, 5) is 26.6. The summed E-state index contributed by atoms with van der Waals surface area (Å²) in [5, 5.41) is 42.6. The van der Waals surface area contributed by atoms with E-state index in [0.29, 0.717) is 56.4 Å². The van der Waals surface area contributed by atoms with Crippen LogP contribution in [0.5, 0.6) is 0 Å². The molecule has 6 aromatic rings. The largest absolute Gasteiger partial charge is 0.387 e. The fourth-order valence-corrected chi connectivity index (χ4v) is 4.57. The van der Waals surface area contributed by atoms with Crippen molar-refractivity contribution < 1.29 is 14.3 Å². The maximum Gasteiger partial charge on any atom is 0.255 e. The van der Waals surface area contributed by atoms with Crippen LogP contribution < -0.4 is 10.6 Å². The van der Waals surface area contributed by atoms with E-state index >= 15 is 0 Å². The summed E-state index contributed by atoms with van der Waals surface area (Å²) < 4.78 is 17.7. The number of hydrogen-bond donors (Lipinski definition) is 3. The molecule has 45 heavy (non-hydrogen) atoms. The Morgan fingerprint density at radius 1 is 0.911 bits per heavy atom. The van der Waals surface area contributed by atoms with E-state index in [9.17, 15) is 19.6 Å². The molecule has 0 bridgehead atoms. The Bertz CT molecular complexity index is 2150. The van der Waals surface area contributed by atoms with E-state index in [-0.39, 0.29) is 5.56 Å². The summed E-state index contributed by atoms with van der Waals surface area (Å²) >= 11 is 0. The molecule has 0 saturated carbocycles. The first-order valence-corrected chi connectivity index (χ1v) is 13.6. The van der Waals surface area contributed by atoms with Gasteiger partial charge in [0, 0.05) is 6.20 Å². The van der Waals surface area contributed by atoms with E-state index < -0.39 is 24.2 Å². The van der Waals surface area contributed by atoms with E-state index in [1.165, 1.54) is 44.8 Å². The number of amides is 1. The first-order valence-electron chi connectivity index (χ1n) is 13.6. The lowest BCUT2D eigenvalue weighted by atomic mass is 10.0. The minimum atomic E-state index is -1.70. The Morgan fingerprint density at radius 3 is 2.11 bits per heavy atom. The maximum atomic E-state index is 14.4. The standard InChI is InChI=1S/C31H24FN11O2/c1-31(2,45)28(32)17-38-30(44)23-16-35-25(26-5-3-21-7-18(10-33)12-39-42(21)26)9-24(23)41-20-14-36-29(37-15-20)27-6-4-22-8-19(11-34)13-40-43(22)27/h3-9,12-16,28,45H,17H2,1-2H3,(H,35,41)(H,38,44)/t28-/m1/s1. The molecule has 6 aromatic heterocycles. The van der Waals surface area contributed by atoms with Gasteiger partial charge in [0.25, 0.3) is 5.91 Å². The third-order valence-electron chi connectivity index (χ3n) is 7.04. The van der Waals surface area contributed by atoms with Crippen molar-refractivity contribution in [3.8, 4) is 35.0 Å². The Balaban J connectivity index is 1.33. The normalized spacial score (nSPS) is 12.0. The van der Waals surface area contributed by atoms with E-state index in [4.69, 9.17) is 5.26 Å². The molecule has 3 N–H and O–H groups in total. The van der Waals surface area contributed by atoms with Crippen LogP contribution in [-0.4, -0.2) is 63.5 Å². The minimum absolute atomic E-state index is 0.112. The van der Waals surface area contributed by atoms with Crippen LogP contribution in [0.1, 0.15) is 35.3 Å². The minimum Gasteiger partial charge on any atom is -0.387 e. The number of alkyl halides is 1. The highest BCUT2D eigenvalue weighted by Gasteiger charge is 2.27. The molecule has 0 aliphatic rings. The molecule has 1 amide bonds. The lowest BCUT2D eigenvalue weighted by molar-refractivity contribution is -0.00177. The quantitative estimate of drug-likeness (QED) is 0.232. The lowest BCUT2D eigenvalue weighted by Crippen LogP contribution is -2.42. The number of pyridine rings is 1. The molecular formula is C31H24FN11O2. The van der Waals surface area contributed by atoms with Gasteiger partial charge in [0.1, 0.15) is 24.0 Å². The lowest BCUT2D eigenvalue weighted by Gasteiger charge is -2.22. The summed E-state index contributed by atoms with van der Waals surface area (Å²) in [6.45, 7) is 2.23. The van der Waals surface area contributed by atoms with Crippen molar-refractivity contribution in [2.24, 2.45) is 0 Å². The van der Waals surface area contributed by atoms with Gasteiger partial charge in [-0.15, -0.1) is 0 Å². The third-order valence-corrected chi connectivity index (χ3v) is 7.04. The molecule has 222 valence electrons. The van der Waals surface area contributed by atoms with E-state index in [1.54, 1.807) is 45.4 Å². The second kappa shape index (κ2) is 11.4. The molecule has 6 rings (SSSR count). The zero-order chi connectivity index (χ0) is 31.7. The molecule has 13 nitrogen and oxygen atoms in total. The number of hydrogen-bond acceptors (Lipinski definition) is 10. The molecule has 0 radical (unpaired) electrons. The van der Waals surface area contributed by atoms with Gasteiger partial charge in [-0.1, -0.05) is 0 Å². The SMILES string of the molecule is CC(C)(O)[C@H](F)CNC(=O)c1cnc(-c2ccc3cc(C#N)cnn23)cc1Nc1cnc(-c2ccc3cc(C#N)cnn23)nc1. The van der Waals surface area contributed by atoms with Crippen LogP contribution in [0, 0.1) is 22.7 Å². The highest BCUT2D eigenvalue weighted by molar-refractivity contribution is 6.00. The number of nitrogens with one attached hydrogen (secondary N) is 2. The van der Waals surface area contributed by atoms with Gasteiger partial charge in [0.15, 0.2) is 5.82 Å². The molecule has 0 fully saturated rings. The van der Waals surface area contributed by atoms with Gasteiger partial charge in [-0.05, 0) is 56.3 Å². The predicted octanol–water partition coefficient (Wildman–Crippen LogP) is 3.83. The summed E-state index contributed by atoms with van der Waals surface area (Å²) in [5.74, 6) is -0.227. The summed E-state index contributed by atoms with van der Waals surface area (Å²) in [6.07, 6.45) is 5.63. The molecule has 0 aliphatic heterocycles. The highest BCUT2D eigenvalue weighted by atomic mass is 19.1. The van der Waals surface area contributed by atoms with E-state index in [1.807, 2.05) is 6.07 Å². The number of fused-ring (bicyclic) bond motifs is 2. The van der Waals surface area contributed by atoms with Gasteiger partial charge in [-0.2, -0.15) is 20.7 Å². The van der Waals surface area contributed by atoms with Crippen LogP contribution in [0.4, 0.5) is 15.8 Å². The molecule has 0 aliphatic carbocycles. The fourth-order valence-electron chi connectivity index (χ4n) is 4.57. The van der Waals surface area contributed by atoms with Crippen molar-refractivity contribution in [3.05, 3.63) is 90.1 Å². The van der Waals surface area contributed by atoms with Crippen LogP contribution in [0.3, 0.4) is 0 Å². The molecule has 6 heterocycles. The van der Waals surface area contributed by atoms with Crippen LogP contribution in [0.2, 0.25) is 0 Å². The number of carbonyl (C=O) groups excluding carboxylic acids is 1. The first-order chi connectivity index (χ1) is 21.6. The van der Waals surface area contributed by atoms with Crippen molar-refractivity contribution in [3.63, 3.8) is 0 Å². The average molecular weight is 602 g/mol. The Hall–Kier alpha value is -6.25. The topological polar surface area (TPSA) is 182 Å². The number of aromatic nitrogens is 7. The van der Waals surface area contributed by atoms with Crippen LogP contribution >= 0.6 is 0 Å². The number of nitriles is 2. The summed E-state index contributed by atoms with van der Waals surface area (Å²) in [7, 11) is 0. The second-order valence-electron chi connectivity index (χ2n) is 10.7. The Kier molecular flexibility index (Phi) is 7.34. The Morgan fingerprint density at radius 2 is 1.51 bits per heavy atom. The number of aliphatic hydroxyl groups is 1. The second-order valence-corrected chi connectivity index (χ2v) is 10.7. The van der Waals surface area contributed by atoms with Crippen molar-refractivity contribution in [1.29, 1.82) is 10.5 Å². The average Bonchev–Trinajstić information content (AvgIpc) is 3.67. The van der Waals surface area contributed by atoms with Crippen molar-refractivity contribution in [2.75, 3.05) is 11.9 Å². The maximum absolute atomic E-state index is 14.4. The fraction of sp³-hybridized carbons (Fsp3) is 0.161. The molecule has 0 saturated heterocycles. The molecule has 14 heteroatoms. The van der Waals surface area contributed by atoms with Crippen molar-refractivity contribution >= 4 is 28.3 Å². The number of anilines is 2. The number of carbonyl (C=O) groups is 1. The summed E-state index contributed by atoms with van der Waals surface area (Å²) in [5.41, 5.74) is 3.18. The smallest absolute Gasteiger partial charge is 0.255 e. The van der Waals surface area contributed by atoms with Gasteiger partial charge >= 0.3 is 0 Å². The molecule has 0 spiro atoms. The van der Waals surface area contributed by atoms with E-state index in [2.05, 4.69) is 47.9 Å². The highest BCUT2D eigenvalue weighted by Crippen LogP contribution is 2.28. The predicted molar refractivity (Wildman–Crippen MR) is 161 cm³/mol. The first kappa shape index (κ1) is 28.9. The monoisotopic (exact) mass is 601 g/mol. The van der Waals surface area contributed by atoms with Gasteiger partial charge < -0.3 is 15.7 Å². The zero-order valence-electron chi connectivity index (χ0n) is 24.0. The van der Waals surface area contributed by atoms with Crippen LogP contribution in [0.25, 0.3) is 33.9 Å². The molecular weight excluding hydrogens is 577 g/mol. The number of nitrogens with zero attached hydrogens (tertiary/aromatic N) is 9. The summed E-state index contributed by atoms with van der Waals surface area (Å²) in [6, 6.07) is 16.4. The van der Waals surface area contributed by atoms with Gasteiger partial charge in [-0.25, -0.2) is 23.4 Å². The molecule has 1 atom stereocenters. The van der Waals surface area contributed by atoms with Gasteiger partial charge in [0.2, 0.25) is 0 Å². The van der Waals surface area contributed by atoms with Gasteiger partial charge in [0.05, 0.1) is 87.4 Å². The Labute approximate surface area is 255 Å².